The maximum Gasteiger partial charge on any atom is 0.242 e. The first-order valence-electron chi connectivity index (χ1n) is 10.0. The van der Waals surface area contributed by atoms with E-state index in [1.807, 2.05) is 30.7 Å². The average molecular weight is 373 g/mol. The highest BCUT2D eigenvalue weighted by atomic mass is 16.3. The Kier molecular flexibility index (Phi) is 6.37. The van der Waals surface area contributed by atoms with Gasteiger partial charge in [-0.05, 0) is 57.8 Å². The first-order chi connectivity index (χ1) is 12.9. The maximum absolute atomic E-state index is 12.6. The van der Waals surface area contributed by atoms with Crippen LogP contribution in [0.15, 0.2) is 28.9 Å². The van der Waals surface area contributed by atoms with Crippen LogP contribution < -0.4 is 5.32 Å². The van der Waals surface area contributed by atoms with E-state index in [2.05, 4.69) is 35.1 Å². The molecule has 1 N–H and O–H groups in total. The molecule has 0 bridgehead atoms. The minimum atomic E-state index is -0.229. The molecule has 1 atom stereocenters. The van der Waals surface area contributed by atoms with E-state index in [0.29, 0.717) is 11.8 Å². The second-order valence-electron chi connectivity index (χ2n) is 8.00. The molecule has 2 aromatic heterocycles. The van der Waals surface area contributed by atoms with Gasteiger partial charge in [0.05, 0.1) is 6.54 Å². The third-order valence-corrected chi connectivity index (χ3v) is 5.46. The number of nitrogens with one attached hydrogen (secondary N) is 1. The normalized spacial score (nSPS) is 17.4. The number of furan rings is 1. The molecule has 1 fully saturated rings. The number of hydrogen-bond donors (Lipinski definition) is 1. The van der Waals surface area contributed by atoms with Crippen molar-refractivity contribution in [3.8, 4) is 0 Å². The Morgan fingerprint density at radius 1 is 1.30 bits per heavy atom. The SMILES string of the molecule is Cc1ccc(CN2CCC(CNC(=O)[C@H](C)n3ccnc3C(C)C)CC2)o1. The van der Waals surface area contributed by atoms with Crippen molar-refractivity contribution in [2.45, 2.75) is 59.0 Å². The van der Waals surface area contributed by atoms with Crippen molar-refractivity contribution in [2.75, 3.05) is 19.6 Å². The maximum atomic E-state index is 12.6. The molecule has 0 unspecified atom stereocenters. The molecule has 3 heterocycles. The number of rotatable bonds is 7. The number of carbonyl (C=O) groups is 1. The van der Waals surface area contributed by atoms with Crippen molar-refractivity contribution in [3.63, 3.8) is 0 Å². The van der Waals surface area contributed by atoms with E-state index in [1.165, 1.54) is 0 Å². The number of likely N-dealkylation sites (tertiary alicyclic amines) is 1. The topological polar surface area (TPSA) is 63.3 Å². The van der Waals surface area contributed by atoms with Crippen molar-refractivity contribution in [2.24, 2.45) is 5.92 Å². The molecule has 0 aliphatic carbocycles. The summed E-state index contributed by atoms with van der Waals surface area (Å²) in [6.07, 6.45) is 5.89. The highest BCUT2D eigenvalue weighted by Gasteiger charge is 2.23. The lowest BCUT2D eigenvalue weighted by Crippen LogP contribution is -2.40. The number of aromatic nitrogens is 2. The van der Waals surface area contributed by atoms with E-state index >= 15 is 0 Å². The van der Waals surface area contributed by atoms with Crippen LogP contribution in [0, 0.1) is 12.8 Å². The van der Waals surface area contributed by atoms with Gasteiger partial charge < -0.3 is 14.3 Å². The molecule has 0 aromatic carbocycles. The molecule has 6 heteroatoms. The molecule has 1 aliphatic rings. The molecule has 1 amide bonds. The molecule has 27 heavy (non-hydrogen) atoms. The smallest absolute Gasteiger partial charge is 0.242 e. The number of aryl methyl sites for hydroxylation is 1. The highest BCUT2D eigenvalue weighted by Crippen LogP contribution is 2.20. The molecule has 1 saturated heterocycles. The van der Waals surface area contributed by atoms with E-state index in [-0.39, 0.29) is 11.9 Å². The van der Waals surface area contributed by atoms with Crippen molar-refractivity contribution in [3.05, 3.63) is 41.9 Å². The van der Waals surface area contributed by atoms with Crippen molar-refractivity contribution >= 4 is 5.91 Å². The Morgan fingerprint density at radius 3 is 2.67 bits per heavy atom. The van der Waals surface area contributed by atoms with Crippen LogP contribution in [0.5, 0.6) is 0 Å². The summed E-state index contributed by atoms with van der Waals surface area (Å²) >= 11 is 0. The predicted molar refractivity (Wildman–Crippen MR) is 105 cm³/mol. The lowest BCUT2D eigenvalue weighted by molar-refractivity contribution is -0.124. The zero-order valence-corrected chi connectivity index (χ0v) is 16.9. The quantitative estimate of drug-likeness (QED) is 0.808. The fraction of sp³-hybridized carbons (Fsp3) is 0.619. The summed E-state index contributed by atoms with van der Waals surface area (Å²) in [5.41, 5.74) is 0. The van der Waals surface area contributed by atoms with Gasteiger partial charge in [0.1, 0.15) is 23.4 Å². The molecule has 0 radical (unpaired) electrons. The molecule has 1 aliphatic heterocycles. The number of imidazole rings is 1. The van der Waals surface area contributed by atoms with Gasteiger partial charge in [0.15, 0.2) is 0 Å². The van der Waals surface area contributed by atoms with E-state index in [9.17, 15) is 4.79 Å². The largest absolute Gasteiger partial charge is 0.465 e. The van der Waals surface area contributed by atoms with E-state index in [4.69, 9.17) is 4.42 Å². The van der Waals surface area contributed by atoms with Crippen LogP contribution >= 0.6 is 0 Å². The van der Waals surface area contributed by atoms with Crippen LogP contribution in [0.1, 0.15) is 62.9 Å². The summed E-state index contributed by atoms with van der Waals surface area (Å²) < 4.78 is 7.65. The number of nitrogens with zero attached hydrogens (tertiary/aromatic N) is 3. The number of amides is 1. The first-order valence-corrected chi connectivity index (χ1v) is 10.0. The summed E-state index contributed by atoms with van der Waals surface area (Å²) in [6.45, 7) is 11.8. The third kappa shape index (κ3) is 5.01. The zero-order valence-electron chi connectivity index (χ0n) is 16.9. The number of carbonyl (C=O) groups excluding carboxylic acids is 1. The molecule has 0 saturated carbocycles. The standard InChI is InChI=1S/C21H32N4O2/c1-15(2)20-22-9-12-25(20)17(4)21(26)23-13-18-7-10-24(11-8-18)14-19-6-5-16(3)27-19/h5-6,9,12,15,17-18H,7-8,10-11,13-14H2,1-4H3,(H,23,26)/t17-/m0/s1. The monoisotopic (exact) mass is 372 g/mol. The van der Waals surface area contributed by atoms with Gasteiger partial charge in [-0.25, -0.2) is 4.98 Å². The molecular weight excluding hydrogens is 340 g/mol. The minimum absolute atomic E-state index is 0.0726. The molecule has 0 spiro atoms. The van der Waals surface area contributed by atoms with Gasteiger partial charge in [0.25, 0.3) is 0 Å². The van der Waals surface area contributed by atoms with Gasteiger partial charge in [-0.3, -0.25) is 9.69 Å². The summed E-state index contributed by atoms with van der Waals surface area (Å²) in [5, 5.41) is 3.15. The van der Waals surface area contributed by atoms with Crippen molar-refractivity contribution in [1.82, 2.24) is 19.8 Å². The van der Waals surface area contributed by atoms with Crippen LogP contribution in [-0.2, 0) is 11.3 Å². The second-order valence-corrected chi connectivity index (χ2v) is 8.00. The summed E-state index contributed by atoms with van der Waals surface area (Å²) in [4.78, 5) is 19.4. The Balaban J connectivity index is 1.43. The molecule has 3 rings (SSSR count). The zero-order chi connectivity index (χ0) is 19.4. The molecule has 148 valence electrons. The van der Waals surface area contributed by atoms with E-state index in [0.717, 1.165) is 56.4 Å². The van der Waals surface area contributed by atoms with Crippen molar-refractivity contribution in [1.29, 1.82) is 0 Å². The predicted octanol–water partition coefficient (Wildman–Crippen LogP) is 3.50. The van der Waals surface area contributed by atoms with Gasteiger partial charge in [-0.15, -0.1) is 0 Å². The second kappa shape index (κ2) is 8.74. The van der Waals surface area contributed by atoms with Gasteiger partial charge in [-0.2, -0.15) is 0 Å². The lowest BCUT2D eigenvalue weighted by Gasteiger charge is -2.31. The Hall–Kier alpha value is -2.08. The van der Waals surface area contributed by atoms with Gasteiger partial charge in [-0.1, -0.05) is 13.8 Å². The van der Waals surface area contributed by atoms with Crippen LogP contribution in [0.25, 0.3) is 0 Å². The number of piperidine rings is 1. The fourth-order valence-corrected chi connectivity index (χ4v) is 3.76. The Morgan fingerprint density at radius 2 is 2.04 bits per heavy atom. The molecular formula is C21H32N4O2. The lowest BCUT2D eigenvalue weighted by atomic mass is 9.96. The fourth-order valence-electron chi connectivity index (χ4n) is 3.76. The third-order valence-electron chi connectivity index (χ3n) is 5.46. The minimum Gasteiger partial charge on any atom is -0.465 e. The highest BCUT2D eigenvalue weighted by molar-refractivity contribution is 5.79. The molecule has 6 nitrogen and oxygen atoms in total. The van der Waals surface area contributed by atoms with Crippen LogP contribution in [0.4, 0.5) is 0 Å². The van der Waals surface area contributed by atoms with Crippen LogP contribution in [0.3, 0.4) is 0 Å². The molecule has 2 aromatic rings. The summed E-state index contributed by atoms with van der Waals surface area (Å²) in [6, 6.07) is 3.85. The van der Waals surface area contributed by atoms with E-state index in [1.54, 1.807) is 6.20 Å². The van der Waals surface area contributed by atoms with Crippen LogP contribution in [0.2, 0.25) is 0 Å². The van der Waals surface area contributed by atoms with Crippen molar-refractivity contribution < 1.29 is 9.21 Å². The van der Waals surface area contributed by atoms with Crippen LogP contribution in [-0.4, -0.2) is 40.0 Å². The van der Waals surface area contributed by atoms with Gasteiger partial charge >= 0.3 is 0 Å². The summed E-state index contributed by atoms with van der Waals surface area (Å²) in [5.74, 6) is 3.88. The average Bonchev–Trinajstić information content (AvgIpc) is 3.29. The van der Waals surface area contributed by atoms with E-state index < -0.39 is 0 Å². The number of hydrogen-bond acceptors (Lipinski definition) is 4. The Labute approximate surface area is 161 Å². The van der Waals surface area contributed by atoms with Gasteiger partial charge in [0.2, 0.25) is 5.91 Å². The first kappa shape index (κ1) is 19.7. The van der Waals surface area contributed by atoms with Gasteiger partial charge in [0, 0.05) is 24.9 Å². The summed E-state index contributed by atoms with van der Waals surface area (Å²) in [7, 11) is 0. The Bertz CT molecular complexity index is 741.